The van der Waals surface area contributed by atoms with E-state index in [2.05, 4.69) is 18.9 Å². The maximum atomic E-state index is 6.17. The van der Waals surface area contributed by atoms with Crippen LogP contribution in [0.15, 0.2) is 24.4 Å². The van der Waals surface area contributed by atoms with Gasteiger partial charge in [0.2, 0.25) is 0 Å². The minimum atomic E-state index is 0.367. The molecule has 0 atom stereocenters. The molecule has 0 spiro atoms. The molecule has 2 rings (SSSR count). The van der Waals surface area contributed by atoms with Crippen molar-refractivity contribution in [3.63, 3.8) is 0 Å². The Morgan fingerprint density at radius 2 is 2.11 bits per heavy atom. The molecule has 4 heteroatoms. The number of aryl methyl sites for hydroxylation is 1. The third-order valence-corrected chi connectivity index (χ3v) is 3.46. The molecule has 3 nitrogen and oxygen atoms in total. The molecule has 18 heavy (non-hydrogen) atoms. The largest absolute Gasteiger partial charge is 0.326 e. The fourth-order valence-corrected chi connectivity index (χ4v) is 2.26. The summed E-state index contributed by atoms with van der Waals surface area (Å²) in [6, 6.07) is 5.97. The molecule has 0 bridgehead atoms. The van der Waals surface area contributed by atoms with E-state index in [1.54, 1.807) is 0 Å². The highest BCUT2D eigenvalue weighted by Crippen LogP contribution is 2.25. The molecule has 2 N–H and O–H groups in total. The standard InChI is InChI=1S/C14H18ClN3/c1-9(2)14-11(7-16)8-17-18(14)12-5-4-10(3)13(15)6-12/h4-6,8-9H,7,16H2,1-3H3. The third kappa shape index (κ3) is 2.28. The van der Waals surface area contributed by atoms with Crippen LogP contribution in [0.3, 0.4) is 0 Å². The first-order valence-electron chi connectivity index (χ1n) is 6.08. The van der Waals surface area contributed by atoms with Crippen molar-refractivity contribution in [3.8, 4) is 5.69 Å². The lowest BCUT2D eigenvalue weighted by molar-refractivity contribution is 0.725. The summed E-state index contributed by atoms with van der Waals surface area (Å²) in [4.78, 5) is 0. The van der Waals surface area contributed by atoms with Crippen LogP contribution in [0.4, 0.5) is 0 Å². The summed E-state index contributed by atoms with van der Waals surface area (Å²) in [5.41, 5.74) is 10.0. The predicted octanol–water partition coefficient (Wildman–Crippen LogP) is 3.42. The summed E-state index contributed by atoms with van der Waals surface area (Å²) in [6.45, 7) is 6.78. The predicted molar refractivity (Wildman–Crippen MR) is 75.3 cm³/mol. The lowest BCUT2D eigenvalue weighted by Crippen LogP contribution is -2.07. The summed E-state index contributed by atoms with van der Waals surface area (Å²) < 4.78 is 1.93. The second-order valence-corrected chi connectivity index (χ2v) is 5.17. The maximum Gasteiger partial charge on any atom is 0.0664 e. The van der Waals surface area contributed by atoms with Crippen LogP contribution in [-0.2, 0) is 6.54 Å². The first-order chi connectivity index (χ1) is 8.54. The summed E-state index contributed by atoms with van der Waals surface area (Å²) in [6.07, 6.45) is 1.84. The first kappa shape index (κ1) is 13.1. The monoisotopic (exact) mass is 263 g/mol. The Morgan fingerprint density at radius 1 is 1.39 bits per heavy atom. The van der Waals surface area contributed by atoms with Gasteiger partial charge < -0.3 is 5.73 Å². The molecule has 0 amide bonds. The molecule has 0 saturated carbocycles. The zero-order chi connectivity index (χ0) is 13.3. The van der Waals surface area contributed by atoms with Crippen molar-refractivity contribution >= 4 is 11.6 Å². The molecule has 0 saturated heterocycles. The summed E-state index contributed by atoms with van der Waals surface area (Å²) in [5.74, 6) is 0.367. The van der Waals surface area contributed by atoms with Gasteiger partial charge in [-0.05, 0) is 30.5 Å². The molecule has 1 aromatic heterocycles. The smallest absolute Gasteiger partial charge is 0.0664 e. The van der Waals surface area contributed by atoms with Crippen LogP contribution in [0.25, 0.3) is 5.69 Å². The highest BCUT2D eigenvalue weighted by molar-refractivity contribution is 6.31. The van der Waals surface area contributed by atoms with Crippen molar-refractivity contribution in [1.29, 1.82) is 0 Å². The van der Waals surface area contributed by atoms with Crippen LogP contribution < -0.4 is 5.73 Å². The van der Waals surface area contributed by atoms with Gasteiger partial charge in [-0.25, -0.2) is 4.68 Å². The zero-order valence-electron chi connectivity index (χ0n) is 10.9. The number of rotatable bonds is 3. The summed E-state index contributed by atoms with van der Waals surface area (Å²) in [7, 11) is 0. The SMILES string of the molecule is Cc1ccc(-n2ncc(CN)c2C(C)C)cc1Cl. The van der Waals surface area contributed by atoms with Crippen molar-refractivity contribution < 1.29 is 0 Å². The fraction of sp³-hybridized carbons (Fsp3) is 0.357. The highest BCUT2D eigenvalue weighted by Gasteiger charge is 2.14. The van der Waals surface area contributed by atoms with Crippen LogP contribution in [0, 0.1) is 6.92 Å². The van der Waals surface area contributed by atoms with E-state index in [1.807, 2.05) is 36.0 Å². The van der Waals surface area contributed by atoms with Gasteiger partial charge in [0.15, 0.2) is 0 Å². The molecular weight excluding hydrogens is 246 g/mol. The third-order valence-electron chi connectivity index (χ3n) is 3.05. The Morgan fingerprint density at radius 3 is 2.67 bits per heavy atom. The van der Waals surface area contributed by atoms with E-state index in [-0.39, 0.29) is 0 Å². The van der Waals surface area contributed by atoms with Gasteiger partial charge in [-0.3, -0.25) is 0 Å². The Kier molecular flexibility index (Phi) is 3.73. The Balaban J connectivity index is 2.56. The molecule has 0 unspecified atom stereocenters. The van der Waals surface area contributed by atoms with E-state index < -0.39 is 0 Å². The van der Waals surface area contributed by atoms with Gasteiger partial charge in [0.05, 0.1) is 17.6 Å². The van der Waals surface area contributed by atoms with Gasteiger partial charge in [0.25, 0.3) is 0 Å². The van der Waals surface area contributed by atoms with E-state index >= 15 is 0 Å². The van der Waals surface area contributed by atoms with Crippen molar-refractivity contribution in [2.45, 2.75) is 33.2 Å². The van der Waals surface area contributed by atoms with Gasteiger partial charge in [0.1, 0.15) is 0 Å². The number of hydrogen-bond acceptors (Lipinski definition) is 2. The average molecular weight is 264 g/mol. The van der Waals surface area contributed by atoms with E-state index in [0.29, 0.717) is 12.5 Å². The molecular formula is C14H18ClN3. The van der Waals surface area contributed by atoms with Crippen LogP contribution in [-0.4, -0.2) is 9.78 Å². The molecule has 0 fully saturated rings. The van der Waals surface area contributed by atoms with E-state index in [0.717, 1.165) is 27.5 Å². The molecule has 0 aliphatic carbocycles. The molecule has 96 valence electrons. The van der Waals surface area contributed by atoms with Crippen LogP contribution >= 0.6 is 11.6 Å². The van der Waals surface area contributed by atoms with E-state index in [9.17, 15) is 0 Å². The number of benzene rings is 1. The summed E-state index contributed by atoms with van der Waals surface area (Å²) >= 11 is 6.17. The highest BCUT2D eigenvalue weighted by atomic mass is 35.5. The molecule has 2 aromatic rings. The topological polar surface area (TPSA) is 43.8 Å². The van der Waals surface area contributed by atoms with Gasteiger partial charge in [-0.1, -0.05) is 31.5 Å². The molecule has 0 aliphatic heterocycles. The maximum absolute atomic E-state index is 6.17. The number of nitrogens with zero attached hydrogens (tertiary/aromatic N) is 2. The zero-order valence-corrected chi connectivity index (χ0v) is 11.7. The Labute approximate surface area is 113 Å². The molecule has 1 aromatic carbocycles. The number of nitrogens with two attached hydrogens (primary N) is 1. The number of halogens is 1. The van der Waals surface area contributed by atoms with Crippen LogP contribution in [0.1, 0.15) is 36.6 Å². The molecule has 0 radical (unpaired) electrons. The first-order valence-corrected chi connectivity index (χ1v) is 6.45. The minimum Gasteiger partial charge on any atom is -0.326 e. The molecule has 0 aliphatic rings. The van der Waals surface area contributed by atoms with Crippen molar-refractivity contribution in [2.75, 3.05) is 0 Å². The fourth-order valence-electron chi connectivity index (χ4n) is 2.08. The quantitative estimate of drug-likeness (QED) is 0.922. The number of aromatic nitrogens is 2. The van der Waals surface area contributed by atoms with Crippen LogP contribution in [0.2, 0.25) is 5.02 Å². The Hall–Kier alpha value is -1.32. The van der Waals surface area contributed by atoms with Gasteiger partial charge >= 0.3 is 0 Å². The van der Waals surface area contributed by atoms with E-state index in [1.165, 1.54) is 0 Å². The van der Waals surface area contributed by atoms with Gasteiger partial charge in [-0.2, -0.15) is 5.10 Å². The Bertz CT molecular complexity index is 558. The normalized spacial score (nSPS) is 11.2. The van der Waals surface area contributed by atoms with E-state index in [4.69, 9.17) is 17.3 Å². The lowest BCUT2D eigenvalue weighted by Gasteiger charge is -2.13. The van der Waals surface area contributed by atoms with Crippen LogP contribution in [0.5, 0.6) is 0 Å². The van der Waals surface area contributed by atoms with Crippen molar-refractivity contribution in [2.24, 2.45) is 5.73 Å². The lowest BCUT2D eigenvalue weighted by atomic mass is 10.1. The van der Waals surface area contributed by atoms with Gasteiger partial charge in [-0.15, -0.1) is 0 Å². The number of hydrogen-bond donors (Lipinski definition) is 1. The van der Waals surface area contributed by atoms with Crippen molar-refractivity contribution in [1.82, 2.24) is 9.78 Å². The summed E-state index contributed by atoms with van der Waals surface area (Å²) in [5, 5.41) is 5.18. The molecule has 1 heterocycles. The van der Waals surface area contributed by atoms with Gasteiger partial charge in [0, 0.05) is 17.1 Å². The second-order valence-electron chi connectivity index (χ2n) is 4.76. The average Bonchev–Trinajstić information content (AvgIpc) is 2.76. The van der Waals surface area contributed by atoms with Crippen molar-refractivity contribution in [3.05, 3.63) is 46.2 Å². The minimum absolute atomic E-state index is 0.367. The second kappa shape index (κ2) is 5.12.